The molecule has 0 saturated heterocycles. The Morgan fingerprint density at radius 3 is 2.54 bits per heavy atom. The van der Waals surface area contributed by atoms with Crippen molar-refractivity contribution < 1.29 is 17.9 Å². The first-order valence-corrected chi connectivity index (χ1v) is 11.7. The van der Waals surface area contributed by atoms with Gasteiger partial charge in [-0.05, 0) is 54.5 Å². The summed E-state index contributed by atoms with van der Waals surface area (Å²) in [4.78, 5) is 12.7. The number of thiophene rings is 1. The van der Waals surface area contributed by atoms with E-state index in [0.29, 0.717) is 17.4 Å². The molecule has 1 saturated carbocycles. The first-order chi connectivity index (χ1) is 13.4. The zero-order chi connectivity index (χ0) is 20.1. The van der Waals surface area contributed by atoms with Crippen molar-refractivity contribution in [2.24, 2.45) is 5.92 Å². The fourth-order valence-electron chi connectivity index (χ4n) is 3.50. The second-order valence-corrected chi connectivity index (χ2v) is 10.1. The van der Waals surface area contributed by atoms with Crippen molar-refractivity contribution in [3.8, 4) is 5.75 Å². The first-order valence-electron chi connectivity index (χ1n) is 9.41. The molecular weight excluding hydrogens is 396 g/mol. The van der Waals surface area contributed by atoms with Crippen molar-refractivity contribution in [1.82, 2.24) is 5.32 Å². The van der Waals surface area contributed by atoms with Crippen LogP contribution in [0.4, 0.5) is 5.69 Å². The molecule has 3 rings (SSSR count). The Kier molecular flexibility index (Phi) is 6.61. The van der Waals surface area contributed by atoms with Crippen LogP contribution in [0.15, 0.2) is 46.0 Å². The third-order valence-electron chi connectivity index (χ3n) is 5.14. The van der Waals surface area contributed by atoms with E-state index in [2.05, 4.69) is 12.2 Å². The van der Waals surface area contributed by atoms with Crippen LogP contribution in [0.2, 0.25) is 0 Å². The smallest absolute Gasteiger partial charge is 0.274 e. The maximum Gasteiger partial charge on any atom is 0.274 e. The zero-order valence-corrected chi connectivity index (χ0v) is 17.8. The predicted octanol–water partition coefficient (Wildman–Crippen LogP) is 3.65. The van der Waals surface area contributed by atoms with Crippen molar-refractivity contribution >= 4 is 33.0 Å². The summed E-state index contributed by atoms with van der Waals surface area (Å²) in [5.74, 6) is 0.744. The Morgan fingerprint density at radius 2 is 1.93 bits per heavy atom. The Balaban J connectivity index is 1.84. The lowest BCUT2D eigenvalue weighted by Crippen LogP contribution is -2.47. The minimum Gasteiger partial charge on any atom is -0.497 e. The average Bonchev–Trinajstić information content (AvgIpc) is 3.24. The minimum atomic E-state index is -3.83. The number of nitrogens with one attached hydrogen (secondary N) is 1. The molecule has 0 bridgehead atoms. The Hall–Kier alpha value is -2.06. The molecular formula is C20H26N2O4S2. The maximum absolute atomic E-state index is 13.2. The van der Waals surface area contributed by atoms with Gasteiger partial charge >= 0.3 is 0 Å². The molecule has 28 heavy (non-hydrogen) atoms. The third-order valence-corrected chi connectivity index (χ3v) is 8.29. The zero-order valence-electron chi connectivity index (χ0n) is 16.1. The highest BCUT2D eigenvalue weighted by molar-refractivity contribution is 7.94. The minimum absolute atomic E-state index is 0.100. The van der Waals surface area contributed by atoms with Gasteiger partial charge in [-0.25, -0.2) is 8.42 Å². The topological polar surface area (TPSA) is 75.7 Å². The SMILES string of the molecule is COc1ccc(N(CC(=O)N[C@H]2CCCC[C@H]2C)S(=O)(=O)c2cccs2)cc1. The molecule has 0 unspecified atom stereocenters. The Labute approximate surface area is 170 Å². The van der Waals surface area contributed by atoms with Gasteiger partial charge in [0, 0.05) is 6.04 Å². The summed E-state index contributed by atoms with van der Waals surface area (Å²) in [7, 11) is -2.28. The van der Waals surface area contributed by atoms with Crippen LogP contribution < -0.4 is 14.4 Å². The number of amides is 1. The molecule has 6 nitrogen and oxygen atoms in total. The highest BCUT2D eigenvalue weighted by Crippen LogP contribution is 2.28. The second-order valence-electron chi connectivity index (χ2n) is 7.08. The summed E-state index contributed by atoms with van der Waals surface area (Å²) >= 11 is 1.14. The van der Waals surface area contributed by atoms with Gasteiger partial charge in [-0.3, -0.25) is 9.10 Å². The number of methoxy groups -OCH3 is 1. The van der Waals surface area contributed by atoms with Crippen LogP contribution in [0.5, 0.6) is 5.75 Å². The molecule has 1 aromatic heterocycles. The molecule has 152 valence electrons. The van der Waals surface area contributed by atoms with Gasteiger partial charge in [0.05, 0.1) is 12.8 Å². The van der Waals surface area contributed by atoms with E-state index in [1.54, 1.807) is 48.9 Å². The number of rotatable bonds is 7. The highest BCUT2D eigenvalue weighted by Gasteiger charge is 2.30. The van der Waals surface area contributed by atoms with Crippen LogP contribution in [-0.4, -0.2) is 34.0 Å². The van der Waals surface area contributed by atoms with E-state index in [-0.39, 0.29) is 22.7 Å². The van der Waals surface area contributed by atoms with Crippen LogP contribution in [0.1, 0.15) is 32.6 Å². The lowest BCUT2D eigenvalue weighted by molar-refractivity contribution is -0.120. The largest absolute Gasteiger partial charge is 0.497 e. The molecule has 0 aliphatic heterocycles. The molecule has 1 fully saturated rings. The van der Waals surface area contributed by atoms with Crippen molar-refractivity contribution in [2.75, 3.05) is 18.0 Å². The van der Waals surface area contributed by atoms with Crippen molar-refractivity contribution in [2.45, 2.75) is 42.9 Å². The van der Waals surface area contributed by atoms with Gasteiger partial charge in [-0.2, -0.15) is 0 Å². The molecule has 1 amide bonds. The quantitative estimate of drug-likeness (QED) is 0.739. The molecule has 1 heterocycles. The standard InChI is InChI=1S/C20H26N2O4S2/c1-15-6-3-4-7-18(15)21-19(23)14-22(16-9-11-17(26-2)12-10-16)28(24,25)20-8-5-13-27-20/h5,8-13,15,18H,3-4,6-7,14H2,1-2H3,(H,21,23)/t15-,18+/m1/s1. The monoisotopic (exact) mass is 422 g/mol. The fraction of sp³-hybridized carbons (Fsp3) is 0.450. The lowest BCUT2D eigenvalue weighted by Gasteiger charge is -2.31. The Bertz CT molecular complexity index is 879. The van der Waals surface area contributed by atoms with Crippen LogP contribution >= 0.6 is 11.3 Å². The molecule has 1 aliphatic carbocycles. The normalized spacial score (nSPS) is 19.8. The highest BCUT2D eigenvalue weighted by atomic mass is 32.2. The molecule has 1 aromatic carbocycles. The molecule has 1 aliphatic rings. The van der Waals surface area contributed by atoms with Gasteiger partial charge < -0.3 is 10.1 Å². The molecule has 0 spiro atoms. The van der Waals surface area contributed by atoms with Gasteiger partial charge in [-0.1, -0.05) is 25.8 Å². The van der Waals surface area contributed by atoms with Gasteiger partial charge in [0.2, 0.25) is 5.91 Å². The second kappa shape index (κ2) is 8.96. The third kappa shape index (κ3) is 4.67. The first kappa shape index (κ1) is 20.7. The van der Waals surface area contributed by atoms with E-state index >= 15 is 0 Å². The summed E-state index contributed by atoms with van der Waals surface area (Å²) in [6, 6.07) is 10.0. The van der Waals surface area contributed by atoms with Gasteiger partial charge in [0.25, 0.3) is 10.0 Å². The van der Waals surface area contributed by atoms with Gasteiger partial charge in [0.15, 0.2) is 0 Å². The summed E-state index contributed by atoms with van der Waals surface area (Å²) < 4.78 is 32.9. The van der Waals surface area contributed by atoms with Crippen molar-refractivity contribution in [3.05, 3.63) is 41.8 Å². The van der Waals surface area contributed by atoms with E-state index < -0.39 is 10.0 Å². The number of carbonyl (C=O) groups excluding carboxylic acids is 1. The van der Waals surface area contributed by atoms with Crippen molar-refractivity contribution in [1.29, 1.82) is 0 Å². The Morgan fingerprint density at radius 1 is 1.21 bits per heavy atom. The van der Waals surface area contributed by atoms with E-state index in [4.69, 9.17) is 4.74 Å². The molecule has 8 heteroatoms. The molecule has 2 aromatic rings. The summed E-state index contributed by atoms with van der Waals surface area (Å²) in [5, 5.41) is 4.75. The van der Waals surface area contributed by atoms with Crippen LogP contribution in [0.3, 0.4) is 0 Å². The molecule has 0 radical (unpaired) electrons. The maximum atomic E-state index is 13.2. The van der Waals surface area contributed by atoms with Crippen LogP contribution in [-0.2, 0) is 14.8 Å². The summed E-state index contributed by atoms with van der Waals surface area (Å²) in [6.45, 7) is 1.88. The summed E-state index contributed by atoms with van der Waals surface area (Å²) in [5.41, 5.74) is 0.432. The molecule has 1 N–H and O–H groups in total. The van der Waals surface area contributed by atoms with Crippen LogP contribution in [0.25, 0.3) is 0 Å². The number of hydrogen-bond acceptors (Lipinski definition) is 5. The number of sulfonamides is 1. The molecule has 2 atom stereocenters. The van der Waals surface area contributed by atoms with E-state index in [1.165, 1.54) is 10.7 Å². The lowest BCUT2D eigenvalue weighted by atomic mass is 9.86. The number of hydrogen-bond donors (Lipinski definition) is 1. The van der Waals surface area contributed by atoms with E-state index in [1.807, 2.05) is 0 Å². The average molecular weight is 423 g/mol. The van der Waals surface area contributed by atoms with E-state index in [0.717, 1.165) is 30.6 Å². The number of nitrogens with zero attached hydrogens (tertiary/aromatic N) is 1. The number of ether oxygens (including phenoxy) is 1. The van der Waals surface area contributed by atoms with Gasteiger partial charge in [-0.15, -0.1) is 11.3 Å². The number of carbonyl (C=O) groups is 1. The number of anilines is 1. The van der Waals surface area contributed by atoms with Gasteiger partial charge in [0.1, 0.15) is 16.5 Å². The fourth-order valence-corrected chi connectivity index (χ4v) is 6.02. The summed E-state index contributed by atoms with van der Waals surface area (Å²) in [6.07, 6.45) is 4.29. The number of benzene rings is 1. The van der Waals surface area contributed by atoms with Crippen LogP contribution in [0, 0.1) is 5.92 Å². The van der Waals surface area contributed by atoms with E-state index in [9.17, 15) is 13.2 Å². The van der Waals surface area contributed by atoms with Crippen molar-refractivity contribution in [3.63, 3.8) is 0 Å². The predicted molar refractivity (Wildman–Crippen MR) is 111 cm³/mol.